The van der Waals surface area contributed by atoms with Gasteiger partial charge in [0.25, 0.3) is 5.91 Å². The molecule has 7 heteroatoms. The highest BCUT2D eigenvalue weighted by atomic mass is 16.5. The molecule has 23 heavy (non-hydrogen) atoms. The zero-order chi connectivity index (χ0) is 16.6. The number of methoxy groups -OCH3 is 2. The third-order valence-corrected chi connectivity index (χ3v) is 4.48. The second-order valence-electron chi connectivity index (χ2n) is 6.18. The fraction of sp³-hybridized carbons (Fsp3) is 0.562. The van der Waals surface area contributed by atoms with E-state index in [0.717, 1.165) is 19.3 Å². The van der Waals surface area contributed by atoms with Crippen LogP contribution in [0.1, 0.15) is 36.5 Å². The predicted molar refractivity (Wildman–Crippen MR) is 82.0 cm³/mol. The summed E-state index contributed by atoms with van der Waals surface area (Å²) in [5.41, 5.74) is 0.0272. The molecular formula is C16H21N3O4. The van der Waals surface area contributed by atoms with Crippen molar-refractivity contribution in [3.63, 3.8) is 0 Å². The van der Waals surface area contributed by atoms with Crippen molar-refractivity contribution in [3.05, 3.63) is 17.7 Å². The van der Waals surface area contributed by atoms with Crippen LogP contribution in [0.2, 0.25) is 0 Å². The number of hydrogen-bond donors (Lipinski definition) is 0. The first-order chi connectivity index (χ1) is 11.0. The maximum atomic E-state index is 12.9. The van der Waals surface area contributed by atoms with Crippen LogP contribution in [0.3, 0.4) is 0 Å². The SMILES string of the molecule is COc1ccc(C(=O)N2CCCN2C(=O)C2(C)CC2)c(OC)n1. The highest BCUT2D eigenvalue weighted by molar-refractivity contribution is 5.98. The maximum Gasteiger partial charge on any atom is 0.277 e. The summed E-state index contributed by atoms with van der Waals surface area (Å²) in [6, 6.07) is 3.23. The molecule has 0 radical (unpaired) electrons. The van der Waals surface area contributed by atoms with Gasteiger partial charge in [-0.2, -0.15) is 4.98 Å². The number of carbonyl (C=O) groups is 2. The van der Waals surface area contributed by atoms with Gasteiger partial charge in [-0.15, -0.1) is 0 Å². The molecule has 1 aliphatic carbocycles. The number of hydrazine groups is 1. The number of hydrogen-bond acceptors (Lipinski definition) is 5. The minimum atomic E-state index is -0.300. The molecule has 2 amide bonds. The van der Waals surface area contributed by atoms with Crippen LogP contribution in [0.5, 0.6) is 11.8 Å². The van der Waals surface area contributed by atoms with Crippen LogP contribution in [0.4, 0.5) is 0 Å². The number of pyridine rings is 1. The summed E-state index contributed by atoms with van der Waals surface area (Å²) in [5.74, 6) is 0.334. The van der Waals surface area contributed by atoms with Crippen molar-refractivity contribution in [2.75, 3.05) is 27.3 Å². The van der Waals surface area contributed by atoms with Crippen LogP contribution in [0, 0.1) is 5.41 Å². The molecule has 2 heterocycles. The summed E-state index contributed by atoms with van der Waals surface area (Å²) >= 11 is 0. The monoisotopic (exact) mass is 319 g/mol. The molecule has 2 aliphatic rings. The molecule has 0 N–H and O–H groups in total. The van der Waals surface area contributed by atoms with E-state index in [4.69, 9.17) is 9.47 Å². The number of amides is 2. The van der Waals surface area contributed by atoms with E-state index in [1.165, 1.54) is 19.2 Å². The van der Waals surface area contributed by atoms with Gasteiger partial charge in [-0.3, -0.25) is 14.6 Å². The van der Waals surface area contributed by atoms with E-state index in [1.807, 2.05) is 6.92 Å². The van der Waals surface area contributed by atoms with E-state index in [9.17, 15) is 9.59 Å². The van der Waals surface area contributed by atoms with Crippen LogP contribution in [-0.2, 0) is 4.79 Å². The van der Waals surface area contributed by atoms with Crippen molar-refractivity contribution in [1.29, 1.82) is 0 Å². The molecule has 3 rings (SSSR count). The van der Waals surface area contributed by atoms with Crippen LogP contribution >= 0.6 is 0 Å². The molecule has 0 spiro atoms. The van der Waals surface area contributed by atoms with Gasteiger partial charge in [-0.1, -0.05) is 6.92 Å². The highest BCUT2D eigenvalue weighted by Gasteiger charge is 2.50. The minimum Gasteiger partial charge on any atom is -0.481 e. The molecule has 1 aliphatic heterocycles. The van der Waals surface area contributed by atoms with E-state index in [2.05, 4.69) is 4.98 Å². The van der Waals surface area contributed by atoms with Crippen LogP contribution in [-0.4, -0.2) is 54.1 Å². The number of carbonyl (C=O) groups excluding carboxylic acids is 2. The lowest BCUT2D eigenvalue weighted by molar-refractivity contribution is -0.146. The topological polar surface area (TPSA) is 72.0 Å². The Balaban J connectivity index is 1.86. The minimum absolute atomic E-state index is 0.0313. The van der Waals surface area contributed by atoms with Gasteiger partial charge in [0, 0.05) is 24.6 Å². The highest BCUT2D eigenvalue weighted by Crippen LogP contribution is 2.47. The van der Waals surface area contributed by atoms with Crippen molar-refractivity contribution < 1.29 is 19.1 Å². The summed E-state index contributed by atoms with van der Waals surface area (Å²) in [6.45, 7) is 3.05. The van der Waals surface area contributed by atoms with Gasteiger partial charge in [-0.05, 0) is 25.3 Å². The van der Waals surface area contributed by atoms with Crippen molar-refractivity contribution >= 4 is 11.8 Å². The molecule has 0 unspecified atom stereocenters. The van der Waals surface area contributed by atoms with Crippen LogP contribution < -0.4 is 9.47 Å². The van der Waals surface area contributed by atoms with Crippen molar-refractivity contribution in [1.82, 2.24) is 15.0 Å². The first-order valence-corrected chi connectivity index (χ1v) is 7.73. The molecule has 124 valence electrons. The van der Waals surface area contributed by atoms with Gasteiger partial charge in [0.2, 0.25) is 17.7 Å². The molecule has 0 atom stereocenters. The van der Waals surface area contributed by atoms with Gasteiger partial charge < -0.3 is 9.47 Å². The van der Waals surface area contributed by atoms with E-state index >= 15 is 0 Å². The van der Waals surface area contributed by atoms with Gasteiger partial charge in [0.05, 0.1) is 14.2 Å². The summed E-state index contributed by atoms with van der Waals surface area (Å²) in [4.78, 5) is 29.6. The predicted octanol–water partition coefficient (Wildman–Crippen LogP) is 1.49. The Labute approximate surface area is 135 Å². The van der Waals surface area contributed by atoms with Crippen LogP contribution in [0.15, 0.2) is 12.1 Å². The van der Waals surface area contributed by atoms with Gasteiger partial charge in [0.15, 0.2) is 0 Å². The average Bonchev–Trinajstić information content (AvgIpc) is 3.14. The van der Waals surface area contributed by atoms with Crippen molar-refractivity contribution in [3.8, 4) is 11.8 Å². The molecule has 1 saturated heterocycles. The molecule has 0 aromatic carbocycles. The average molecular weight is 319 g/mol. The van der Waals surface area contributed by atoms with E-state index in [1.54, 1.807) is 17.1 Å². The largest absolute Gasteiger partial charge is 0.481 e. The van der Waals surface area contributed by atoms with Crippen molar-refractivity contribution in [2.24, 2.45) is 5.41 Å². The normalized spacial score (nSPS) is 18.7. The number of rotatable bonds is 4. The Kier molecular flexibility index (Phi) is 3.87. The lowest BCUT2D eigenvalue weighted by Gasteiger charge is -2.30. The molecule has 1 aromatic heterocycles. The smallest absolute Gasteiger partial charge is 0.277 e. The molecule has 0 bridgehead atoms. The van der Waals surface area contributed by atoms with Gasteiger partial charge in [-0.25, -0.2) is 5.01 Å². The molecule has 1 aromatic rings. The van der Waals surface area contributed by atoms with Crippen LogP contribution in [0.25, 0.3) is 0 Å². The lowest BCUT2D eigenvalue weighted by Crippen LogP contribution is -2.47. The first-order valence-electron chi connectivity index (χ1n) is 7.73. The second kappa shape index (κ2) is 5.72. The van der Waals surface area contributed by atoms with Gasteiger partial charge in [0.1, 0.15) is 5.56 Å². The first kappa shape index (κ1) is 15.6. The Morgan fingerprint density at radius 3 is 2.43 bits per heavy atom. The third-order valence-electron chi connectivity index (χ3n) is 4.48. The summed E-state index contributed by atoms with van der Waals surface area (Å²) < 4.78 is 10.3. The van der Waals surface area contributed by atoms with E-state index in [-0.39, 0.29) is 23.1 Å². The summed E-state index contributed by atoms with van der Waals surface area (Å²) in [6.07, 6.45) is 2.55. The summed E-state index contributed by atoms with van der Waals surface area (Å²) in [5, 5.41) is 3.09. The van der Waals surface area contributed by atoms with E-state index in [0.29, 0.717) is 24.5 Å². The second-order valence-corrected chi connectivity index (χ2v) is 6.18. The molecule has 2 fully saturated rings. The Morgan fingerprint density at radius 1 is 1.13 bits per heavy atom. The molecule has 7 nitrogen and oxygen atoms in total. The fourth-order valence-electron chi connectivity index (χ4n) is 2.74. The number of aromatic nitrogens is 1. The Hall–Kier alpha value is -2.31. The Morgan fingerprint density at radius 2 is 1.83 bits per heavy atom. The maximum absolute atomic E-state index is 12.9. The lowest BCUT2D eigenvalue weighted by atomic mass is 10.1. The standard InChI is InChI=1S/C16H21N3O4/c1-16(7-8-16)15(21)19-10-4-9-18(19)14(20)11-5-6-12(22-2)17-13(11)23-3/h5-6H,4,7-10H2,1-3H3. The fourth-order valence-corrected chi connectivity index (χ4v) is 2.74. The van der Waals surface area contributed by atoms with E-state index < -0.39 is 0 Å². The zero-order valence-corrected chi connectivity index (χ0v) is 13.7. The summed E-state index contributed by atoms with van der Waals surface area (Å²) in [7, 11) is 2.96. The van der Waals surface area contributed by atoms with Gasteiger partial charge >= 0.3 is 0 Å². The molecular weight excluding hydrogens is 298 g/mol. The van der Waals surface area contributed by atoms with Crippen molar-refractivity contribution in [2.45, 2.75) is 26.2 Å². The third kappa shape index (κ3) is 2.71. The molecule has 1 saturated carbocycles. The quantitative estimate of drug-likeness (QED) is 0.841. The Bertz CT molecular complexity index is 642. The zero-order valence-electron chi connectivity index (χ0n) is 13.7. The number of nitrogens with zero attached hydrogens (tertiary/aromatic N) is 3. The number of ether oxygens (including phenoxy) is 2.